The summed E-state index contributed by atoms with van der Waals surface area (Å²) in [4.78, 5) is 9.83. The van der Waals surface area contributed by atoms with Crippen LogP contribution in [0.15, 0.2) is 36.5 Å². The summed E-state index contributed by atoms with van der Waals surface area (Å²) in [7, 11) is 2.13. The molecule has 3 heterocycles. The number of nitrogens with zero attached hydrogens (tertiary/aromatic N) is 5. The van der Waals surface area contributed by atoms with Crippen LogP contribution in [0.1, 0.15) is 12.8 Å². The molecule has 3 aromatic rings. The summed E-state index contributed by atoms with van der Waals surface area (Å²) in [5.74, 6) is 0.671. The highest BCUT2D eigenvalue weighted by molar-refractivity contribution is 6.00. The zero-order chi connectivity index (χ0) is 18.8. The Morgan fingerprint density at radius 2 is 2.04 bits per heavy atom. The quantitative estimate of drug-likeness (QED) is 0.697. The first-order valence-corrected chi connectivity index (χ1v) is 8.93. The average molecular weight is 360 g/mol. The van der Waals surface area contributed by atoms with Gasteiger partial charge in [-0.2, -0.15) is 0 Å². The van der Waals surface area contributed by atoms with Gasteiger partial charge in [-0.15, -0.1) is 10.2 Å². The maximum absolute atomic E-state index is 10.3. The molecule has 1 saturated heterocycles. The highest BCUT2D eigenvalue weighted by Gasteiger charge is 2.20. The zero-order valence-electron chi connectivity index (χ0n) is 15.1. The van der Waals surface area contributed by atoms with Crippen molar-refractivity contribution >= 4 is 22.3 Å². The normalized spacial score (nSPS) is 17.6. The van der Waals surface area contributed by atoms with Gasteiger partial charge in [0.2, 0.25) is 5.69 Å². The fraction of sp³-hybridized carbons (Fsp3) is 0.300. The Kier molecular flexibility index (Phi) is 4.57. The zero-order valence-corrected chi connectivity index (χ0v) is 15.1. The van der Waals surface area contributed by atoms with Gasteiger partial charge in [0, 0.05) is 29.6 Å². The van der Waals surface area contributed by atoms with Gasteiger partial charge < -0.3 is 15.3 Å². The number of anilines is 1. The van der Waals surface area contributed by atoms with E-state index in [0.717, 1.165) is 42.5 Å². The monoisotopic (exact) mass is 360 g/mol. The number of nitrogens with one attached hydrogen (secondary N) is 1. The number of likely N-dealkylation sites (N-methyl/N-ethyl adjacent to an activating group) is 1. The van der Waals surface area contributed by atoms with E-state index in [4.69, 9.17) is 6.57 Å². The molecule has 0 spiro atoms. The molecule has 0 bridgehead atoms. The molecule has 136 valence electrons. The van der Waals surface area contributed by atoms with Crippen LogP contribution in [0, 0.1) is 6.57 Å². The molecular weight excluding hydrogens is 340 g/mol. The number of aromatic hydroxyl groups is 1. The molecule has 1 fully saturated rings. The van der Waals surface area contributed by atoms with Gasteiger partial charge in [-0.25, -0.2) is 4.85 Å². The smallest absolute Gasteiger partial charge is 0.208 e. The number of likely N-dealkylation sites (tertiary alicyclic amines) is 1. The van der Waals surface area contributed by atoms with E-state index in [0.29, 0.717) is 17.4 Å². The van der Waals surface area contributed by atoms with Gasteiger partial charge in [0.15, 0.2) is 5.82 Å². The summed E-state index contributed by atoms with van der Waals surface area (Å²) < 4.78 is 0. The molecule has 0 saturated carbocycles. The first-order valence-electron chi connectivity index (χ1n) is 8.93. The Bertz CT molecular complexity index is 1030. The van der Waals surface area contributed by atoms with Crippen molar-refractivity contribution in [1.82, 2.24) is 20.1 Å². The Balaban J connectivity index is 1.76. The molecule has 4 rings (SSSR count). The number of rotatable bonds is 3. The molecule has 7 heteroatoms. The van der Waals surface area contributed by atoms with Crippen molar-refractivity contribution < 1.29 is 5.11 Å². The summed E-state index contributed by atoms with van der Waals surface area (Å²) in [6.45, 7) is 9.14. The van der Waals surface area contributed by atoms with E-state index in [1.165, 1.54) is 12.3 Å². The van der Waals surface area contributed by atoms with Gasteiger partial charge in [0.25, 0.3) is 0 Å². The van der Waals surface area contributed by atoms with Crippen LogP contribution in [0.3, 0.4) is 0 Å². The second-order valence-electron chi connectivity index (χ2n) is 6.86. The van der Waals surface area contributed by atoms with Crippen LogP contribution in [-0.4, -0.2) is 51.4 Å². The van der Waals surface area contributed by atoms with E-state index in [-0.39, 0.29) is 11.4 Å². The summed E-state index contributed by atoms with van der Waals surface area (Å²) >= 11 is 0. The fourth-order valence-electron chi connectivity index (χ4n) is 3.55. The van der Waals surface area contributed by atoms with Crippen LogP contribution < -0.4 is 5.32 Å². The third-order valence-corrected chi connectivity index (χ3v) is 4.86. The molecule has 0 radical (unpaired) electrons. The standard InChI is InChI=1S/C20H20N6O/c1-21-14-10-17(27)19(22-11-14)18-15-7-3-4-8-16(15)20(25-24-18)23-13-6-5-9-26(2)12-13/h3-4,7-8,10-11,13,27H,5-6,9,12H2,2H3,(H,23,25)/t13-/m1/s1. The lowest BCUT2D eigenvalue weighted by molar-refractivity contribution is 0.261. The molecule has 2 N–H and O–H groups in total. The number of piperidine rings is 1. The number of benzene rings is 1. The molecule has 1 aliphatic heterocycles. The van der Waals surface area contributed by atoms with Crippen LogP contribution in [0.25, 0.3) is 27.0 Å². The Hall–Kier alpha value is -3.24. The summed E-state index contributed by atoms with van der Waals surface area (Å²) in [6.07, 6.45) is 3.69. The van der Waals surface area contributed by atoms with Crippen LogP contribution in [0.2, 0.25) is 0 Å². The molecule has 0 amide bonds. The van der Waals surface area contributed by atoms with Gasteiger partial charge in [0.05, 0.1) is 6.57 Å². The third-order valence-electron chi connectivity index (χ3n) is 4.86. The lowest BCUT2D eigenvalue weighted by Crippen LogP contribution is -2.40. The van der Waals surface area contributed by atoms with Gasteiger partial charge in [0.1, 0.15) is 17.1 Å². The second-order valence-corrected chi connectivity index (χ2v) is 6.86. The van der Waals surface area contributed by atoms with Crippen molar-refractivity contribution in [3.05, 3.63) is 47.9 Å². The average Bonchev–Trinajstić information content (AvgIpc) is 2.68. The Labute approximate surface area is 157 Å². The second kappa shape index (κ2) is 7.17. The Morgan fingerprint density at radius 1 is 1.22 bits per heavy atom. The maximum Gasteiger partial charge on any atom is 0.208 e. The predicted octanol–water partition coefficient (Wildman–Crippen LogP) is 3.45. The van der Waals surface area contributed by atoms with Crippen molar-refractivity contribution in [3.8, 4) is 17.1 Å². The number of hydrogen-bond acceptors (Lipinski definition) is 6. The molecular formula is C20H20N6O. The maximum atomic E-state index is 10.3. The van der Waals surface area contributed by atoms with Gasteiger partial charge in [-0.1, -0.05) is 24.3 Å². The minimum atomic E-state index is -0.0717. The Morgan fingerprint density at radius 3 is 2.78 bits per heavy atom. The van der Waals surface area contributed by atoms with Gasteiger partial charge in [-0.05, 0) is 32.5 Å². The minimum Gasteiger partial charge on any atom is -0.507 e. The lowest BCUT2D eigenvalue weighted by atomic mass is 10.0. The third kappa shape index (κ3) is 3.39. The highest BCUT2D eigenvalue weighted by Crippen LogP contribution is 2.35. The van der Waals surface area contributed by atoms with Crippen LogP contribution in [0.4, 0.5) is 11.5 Å². The molecule has 2 aromatic heterocycles. The molecule has 1 aromatic carbocycles. The van der Waals surface area contributed by atoms with E-state index >= 15 is 0 Å². The van der Waals surface area contributed by atoms with Crippen molar-refractivity contribution in [1.29, 1.82) is 0 Å². The summed E-state index contributed by atoms with van der Waals surface area (Å²) in [6, 6.07) is 9.55. The van der Waals surface area contributed by atoms with E-state index in [1.807, 2.05) is 24.3 Å². The molecule has 1 atom stereocenters. The van der Waals surface area contributed by atoms with Crippen LogP contribution >= 0.6 is 0 Å². The number of hydrogen-bond donors (Lipinski definition) is 2. The number of aromatic nitrogens is 3. The van der Waals surface area contributed by atoms with Crippen LogP contribution in [0.5, 0.6) is 5.75 Å². The minimum absolute atomic E-state index is 0.0717. The first-order chi connectivity index (χ1) is 13.2. The highest BCUT2D eigenvalue weighted by atomic mass is 16.3. The molecule has 27 heavy (non-hydrogen) atoms. The van der Waals surface area contributed by atoms with Crippen LogP contribution in [-0.2, 0) is 0 Å². The first kappa shape index (κ1) is 17.2. The van der Waals surface area contributed by atoms with Crippen molar-refractivity contribution in [2.45, 2.75) is 18.9 Å². The lowest BCUT2D eigenvalue weighted by Gasteiger charge is -2.30. The van der Waals surface area contributed by atoms with Gasteiger partial charge >= 0.3 is 0 Å². The topological polar surface area (TPSA) is 78.5 Å². The number of pyridine rings is 1. The van der Waals surface area contributed by atoms with E-state index in [9.17, 15) is 5.11 Å². The van der Waals surface area contributed by atoms with Crippen molar-refractivity contribution in [2.75, 3.05) is 25.5 Å². The molecule has 7 nitrogen and oxygen atoms in total. The van der Waals surface area contributed by atoms with Crippen molar-refractivity contribution in [3.63, 3.8) is 0 Å². The van der Waals surface area contributed by atoms with E-state index < -0.39 is 0 Å². The van der Waals surface area contributed by atoms with Gasteiger partial charge in [-0.3, -0.25) is 4.98 Å². The molecule has 1 aliphatic rings. The fourth-order valence-corrected chi connectivity index (χ4v) is 3.55. The SMILES string of the molecule is [C-]#[N+]c1cnc(-c2nnc(N[C@@H]3CCCN(C)C3)c3ccccc23)c(O)c1. The van der Waals surface area contributed by atoms with E-state index in [1.54, 1.807) is 0 Å². The molecule has 0 aliphatic carbocycles. The summed E-state index contributed by atoms with van der Waals surface area (Å²) in [5, 5.41) is 24.4. The van der Waals surface area contributed by atoms with Crippen molar-refractivity contribution in [2.24, 2.45) is 0 Å². The number of fused-ring (bicyclic) bond motifs is 1. The molecule has 0 unspecified atom stereocenters. The van der Waals surface area contributed by atoms with E-state index in [2.05, 4.69) is 37.3 Å². The summed E-state index contributed by atoms with van der Waals surface area (Å²) in [5.41, 5.74) is 1.12. The largest absolute Gasteiger partial charge is 0.507 e. The predicted molar refractivity (Wildman–Crippen MR) is 105 cm³/mol.